The maximum atomic E-state index is 11.5. The molecule has 0 heterocycles. The zero-order chi connectivity index (χ0) is 15.3. The van der Waals surface area contributed by atoms with E-state index in [1.54, 1.807) is 0 Å². The van der Waals surface area contributed by atoms with Crippen LogP contribution >= 0.6 is 58.0 Å². The molecule has 0 radical (unpaired) electrons. The zero-order valence-corrected chi connectivity index (χ0v) is 14.3. The summed E-state index contributed by atoms with van der Waals surface area (Å²) in [6, 6.07) is 0. The van der Waals surface area contributed by atoms with E-state index in [0.717, 1.165) is 12.8 Å². The average molecular weight is 379 g/mol. The number of rotatable bonds is 6. The van der Waals surface area contributed by atoms with Crippen molar-refractivity contribution in [1.29, 1.82) is 0 Å². The van der Waals surface area contributed by atoms with Crippen LogP contribution in [0.3, 0.4) is 0 Å². The Morgan fingerprint density at radius 3 is 2.00 bits per heavy atom. The lowest BCUT2D eigenvalue weighted by Crippen LogP contribution is -2.29. The summed E-state index contributed by atoms with van der Waals surface area (Å²) >= 11 is 29.6. The minimum Gasteiger partial charge on any atom is -0.481 e. The molecule has 0 saturated carbocycles. The number of halogens is 5. The van der Waals surface area contributed by atoms with Crippen LogP contribution in [-0.4, -0.2) is 19.1 Å². The van der Waals surface area contributed by atoms with E-state index in [-0.39, 0.29) is 43.4 Å². The lowest BCUT2D eigenvalue weighted by molar-refractivity contribution is -0.123. The fourth-order valence-corrected chi connectivity index (χ4v) is 2.53. The number of hydrogen-bond acceptors (Lipinski definition) is 2. The van der Waals surface area contributed by atoms with Crippen molar-refractivity contribution in [1.82, 2.24) is 5.32 Å². The van der Waals surface area contributed by atoms with Crippen molar-refractivity contribution in [2.24, 2.45) is 0 Å². The highest BCUT2D eigenvalue weighted by Crippen LogP contribution is 2.48. The number of unbranched alkanes of at least 4 members (excludes halogenated alkanes) is 1. The Morgan fingerprint density at radius 1 is 1.00 bits per heavy atom. The van der Waals surface area contributed by atoms with Crippen LogP contribution in [0.2, 0.25) is 25.1 Å². The normalized spacial score (nSPS) is 10.5. The van der Waals surface area contributed by atoms with Crippen LogP contribution in [0.15, 0.2) is 0 Å². The second-order valence-corrected chi connectivity index (χ2v) is 5.78. The van der Waals surface area contributed by atoms with Crippen LogP contribution in [0.25, 0.3) is 0 Å². The van der Waals surface area contributed by atoms with Gasteiger partial charge in [-0.05, 0) is 6.42 Å². The molecule has 0 atom stereocenters. The molecule has 3 nitrogen and oxygen atoms in total. The molecule has 0 aromatic heterocycles. The Kier molecular flexibility index (Phi) is 7.56. The Labute approximate surface area is 142 Å². The Morgan fingerprint density at radius 2 is 1.50 bits per heavy atom. The van der Waals surface area contributed by atoms with E-state index in [1.165, 1.54) is 0 Å². The van der Waals surface area contributed by atoms with E-state index in [9.17, 15) is 4.79 Å². The fourth-order valence-electron chi connectivity index (χ4n) is 1.30. The Bertz CT molecular complexity index is 478. The lowest BCUT2D eigenvalue weighted by atomic mass is 10.3. The molecule has 1 amide bonds. The molecule has 1 rings (SSSR count). The van der Waals surface area contributed by atoms with Gasteiger partial charge in [-0.3, -0.25) is 4.79 Å². The quantitative estimate of drug-likeness (QED) is 0.416. The summed E-state index contributed by atoms with van der Waals surface area (Å²) in [7, 11) is 0. The molecule has 1 aromatic rings. The number of hydrogen-bond donors (Lipinski definition) is 1. The van der Waals surface area contributed by atoms with Crippen LogP contribution < -0.4 is 10.1 Å². The number of carbonyl (C=O) groups excluding carboxylic acids is 1. The summed E-state index contributed by atoms with van der Waals surface area (Å²) in [5.74, 6) is -0.244. The number of ether oxygens (including phenoxy) is 1. The van der Waals surface area contributed by atoms with Crippen molar-refractivity contribution in [3.63, 3.8) is 0 Å². The monoisotopic (exact) mass is 377 g/mol. The minimum absolute atomic E-state index is 0.0208. The number of carbonyl (C=O) groups is 1. The molecule has 0 aliphatic heterocycles. The van der Waals surface area contributed by atoms with Gasteiger partial charge in [0.25, 0.3) is 5.91 Å². The summed E-state index contributed by atoms with van der Waals surface area (Å²) in [6.45, 7) is 2.37. The van der Waals surface area contributed by atoms with E-state index in [2.05, 4.69) is 5.32 Å². The molecule has 0 aliphatic carbocycles. The number of amides is 1. The van der Waals surface area contributed by atoms with Crippen molar-refractivity contribution in [2.75, 3.05) is 13.2 Å². The molecule has 1 aromatic carbocycles. The molecule has 0 spiro atoms. The number of benzene rings is 1. The first-order chi connectivity index (χ1) is 9.40. The zero-order valence-electron chi connectivity index (χ0n) is 10.5. The standard InChI is InChI=1S/C12H12Cl5NO2/c1-2-3-4-18-6(19)5-20-12-10(16)8(14)7(13)9(15)11(12)17/h2-5H2,1H3,(H,18,19). The molecule has 1 N–H and O–H groups in total. The largest absolute Gasteiger partial charge is 0.481 e. The van der Waals surface area contributed by atoms with E-state index < -0.39 is 0 Å². The van der Waals surface area contributed by atoms with Crippen molar-refractivity contribution in [3.05, 3.63) is 25.1 Å². The van der Waals surface area contributed by atoms with Gasteiger partial charge in [0, 0.05) is 6.54 Å². The van der Waals surface area contributed by atoms with Crippen molar-refractivity contribution >= 4 is 63.9 Å². The van der Waals surface area contributed by atoms with Gasteiger partial charge < -0.3 is 10.1 Å². The Hall–Kier alpha value is -0.0600. The smallest absolute Gasteiger partial charge is 0.257 e. The van der Waals surface area contributed by atoms with Crippen molar-refractivity contribution in [3.8, 4) is 5.75 Å². The first-order valence-electron chi connectivity index (χ1n) is 5.81. The summed E-state index contributed by atoms with van der Waals surface area (Å²) < 4.78 is 5.27. The number of nitrogens with one attached hydrogen (secondary N) is 1. The summed E-state index contributed by atoms with van der Waals surface area (Å²) in [4.78, 5) is 11.5. The van der Waals surface area contributed by atoms with Crippen LogP contribution in [0.4, 0.5) is 0 Å². The highest BCUT2D eigenvalue weighted by atomic mass is 35.5. The van der Waals surface area contributed by atoms with E-state index in [0.29, 0.717) is 6.54 Å². The van der Waals surface area contributed by atoms with E-state index in [4.69, 9.17) is 62.7 Å². The molecule has 20 heavy (non-hydrogen) atoms. The minimum atomic E-state index is -0.284. The molecule has 8 heteroatoms. The maximum Gasteiger partial charge on any atom is 0.257 e. The third-order valence-electron chi connectivity index (χ3n) is 2.37. The first kappa shape index (κ1) is 18.0. The highest BCUT2D eigenvalue weighted by molar-refractivity contribution is 6.55. The van der Waals surface area contributed by atoms with Gasteiger partial charge in [0.05, 0.1) is 15.1 Å². The summed E-state index contributed by atoms with van der Waals surface area (Å²) in [6.07, 6.45) is 1.88. The van der Waals surface area contributed by atoms with Gasteiger partial charge in [0.2, 0.25) is 0 Å². The van der Waals surface area contributed by atoms with Crippen LogP contribution in [-0.2, 0) is 4.79 Å². The van der Waals surface area contributed by atoms with Gasteiger partial charge in [-0.25, -0.2) is 0 Å². The van der Waals surface area contributed by atoms with Crippen LogP contribution in [0.1, 0.15) is 19.8 Å². The van der Waals surface area contributed by atoms with Gasteiger partial charge in [0.15, 0.2) is 12.4 Å². The molecule has 112 valence electrons. The maximum absolute atomic E-state index is 11.5. The van der Waals surface area contributed by atoms with Gasteiger partial charge in [-0.2, -0.15) is 0 Å². The molecule has 0 unspecified atom stereocenters. The Balaban J connectivity index is 2.76. The predicted molar refractivity (Wildman–Crippen MR) is 84.9 cm³/mol. The third-order valence-corrected chi connectivity index (χ3v) is 4.61. The molecule has 0 bridgehead atoms. The summed E-state index contributed by atoms with van der Waals surface area (Å²) in [5, 5.41) is 2.84. The lowest BCUT2D eigenvalue weighted by Gasteiger charge is -2.13. The molecular formula is C12H12Cl5NO2. The van der Waals surface area contributed by atoms with E-state index >= 15 is 0 Å². The second-order valence-electron chi connectivity index (χ2n) is 3.89. The predicted octanol–water partition coefficient (Wildman–Crippen LogP) is 5.25. The van der Waals surface area contributed by atoms with Crippen molar-refractivity contribution < 1.29 is 9.53 Å². The van der Waals surface area contributed by atoms with Crippen LogP contribution in [0, 0.1) is 0 Å². The molecular weight excluding hydrogens is 367 g/mol. The fraction of sp³-hybridized carbons (Fsp3) is 0.417. The van der Waals surface area contributed by atoms with Gasteiger partial charge >= 0.3 is 0 Å². The first-order valence-corrected chi connectivity index (χ1v) is 7.70. The van der Waals surface area contributed by atoms with Crippen LogP contribution in [0.5, 0.6) is 5.75 Å². The summed E-state index contributed by atoms with van der Waals surface area (Å²) in [5.41, 5.74) is 0. The van der Waals surface area contributed by atoms with Crippen molar-refractivity contribution in [2.45, 2.75) is 19.8 Å². The molecule has 0 saturated heterocycles. The molecule has 0 fully saturated rings. The third kappa shape index (κ3) is 4.47. The SMILES string of the molecule is CCCCNC(=O)COc1c(Cl)c(Cl)c(Cl)c(Cl)c1Cl. The van der Waals surface area contributed by atoms with E-state index in [1.807, 2.05) is 6.92 Å². The van der Waals surface area contributed by atoms with Gasteiger partial charge in [0.1, 0.15) is 10.0 Å². The van der Waals surface area contributed by atoms with Gasteiger partial charge in [-0.15, -0.1) is 0 Å². The topological polar surface area (TPSA) is 38.3 Å². The van der Waals surface area contributed by atoms with Gasteiger partial charge in [-0.1, -0.05) is 71.3 Å². The second kappa shape index (κ2) is 8.40. The highest BCUT2D eigenvalue weighted by Gasteiger charge is 2.21. The molecule has 0 aliphatic rings. The average Bonchev–Trinajstić information content (AvgIpc) is 2.43.